The molecule has 0 bridgehead atoms. The lowest BCUT2D eigenvalue weighted by atomic mass is 9.82. The molecule has 33 heavy (non-hydrogen) atoms. The van der Waals surface area contributed by atoms with Gasteiger partial charge in [-0.25, -0.2) is 15.4 Å². The maximum Gasteiger partial charge on any atom is 0.243 e. The molecule has 1 aliphatic carbocycles. The van der Waals surface area contributed by atoms with E-state index in [9.17, 15) is 9.90 Å². The molecule has 8 nitrogen and oxygen atoms in total. The van der Waals surface area contributed by atoms with Crippen molar-refractivity contribution < 1.29 is 9.90 Å². The fourth-order valence-corrected chi connectivity index (χ4v) is 5.59. The Bertz CT molecular complexity index is 1200. The largest absolute Gasteiger partial charge is 0.393 e. The highest BCUT2D eigenvalue weighted by Gasteiger charge is 2.31. The van der Waals surface area contributed by atoms with Crippen LogP contribution in [0.2, 0.25) is 0 Å². The summed E-state index contributed by atoms with van der Waals surface area (Å²) in [4.78, 5) is 21.5. The summed E-state index contributed by atoms with van der Waals surface area (Å²) in [6.07, 6.45) is 3.40. The van der Waals surface area contributed by atoms with E-state index in [2.05, 4.69) is 27.2 Å². The van der Waals surface area contributed by atoms with Gasteiger partial charge in [-0.05, 0) is 62.4 Å². The summed E-state index contributed by atoms with van der Waals surface area (Å²) in [5, 5.41) is 21.5. The van der Waals surface area contributed by atoms with E-state index in [1.54, 1.807) is 11.3 Å². The molecular weight excluding hydrogens is 436 g/mol. The second-order valence-electron chi connectivity index (χ2n) is 8.92. The Morgan fingerprint density at radius 1 is 1.09 bits per heavy atom. The number of hydrogen-bond donors (Lipinski definition) is 4. The number of hydrazone groups is 1. The molecule has 2 unspecified atom stereocenters. The number of hydrogen-bond acceptors (Lipinski definition) is 8. The summed E-state index contributed by atoms with van der Waals surface area (Å²) in [6.45, 7) is 3.89. The second-order valence-corrected chi connectivity index (χ2v) is 9.96. The van der Waals surface area contributed by atoms with Gasteiger partial charge in [0.05, 0.1) is 16.3 Å². The van der Waals surface area contributed by atoms with Crippen LogP contribution in [0.3, 0.4) is 0 Å². The van der Waals surface area contributed by atoms with E-state index >= 15 is 0 Å². The number of pyridine rings is 1. The van der Waals surface area contributed by atoms with E-state index in [0.29, 0.717) is 6.04 Å². The highest BCUT2D eigenvalue weighted by atomic mass is 32.1. The normalized spacial score (nSPS) is 25.4. The summed E-state index contributed by atoms with van der Waals surface area (Å²) >= 11 is 1.56. The molecule has 4 N–H and O–H groups in total. The van der Waals surface area contributed by atoms with Gasteiger partial charge in [0.2, 0.25) is 5.91 Å². The molecule has 0 saturated heterocycles. The Hall–Kier alpha value is -3.04. The lowest BCUT2D eigenvalue weighted by Crippen LogP contribution is -2.38. The van der Waals surface area contributed by atoms with E-state index in [-0.39, 0.29) is 23.8 Å². The van der Waals surface area contributed by atoms with Crippen molar-refractivity contribution in [1.29, 1.82) is 0 Å². The SMILES string of the molecule is CC1=NNC(=O)C(C)C1c1ccc2nc(Nc3cccc(NC4CCC(O)CC4)n3)sc2c1. The zero-order valence-electron chi connectivity index (χ0n) is 18.7. The van der Waals surface area contributed by atoms with E-state index in [0.717, 1.165) is 63.9 Å². The van der Waals surface area contributed by atoms with E-state index in [4.69, 9.17) is 9.97 Å². The van der Waals surface area contributed by atoms with E-state index < -0.39 is 0 Å². The molecule has 1 saturated carbocycles. The predicted octanol–water partition coefficient (Wildman–Crippen LogP) is 4.38. The third-order valence-electron chi connectivity index (χ3n) is 6.51. The van der Waals surface area contributed by atoms with Crippen LogP contribution in [0.1, 0.15) is 51.0 Å². The number of aliphatic hydroxyl groups is 1. The Morgan fingerprint density at radius 2 is 1.88 bits per heavy atom. The number of anilines is 3. The number of benzene rings is 1. The Balaban J connectivity index is 1.32. The number of aromatic nitrogens is 2. The van der Waals surface area contributed by atoms with Crippen molar-refractivity contribution in [2.24, 2.45) is 11.0 Å². The molecule has 172 valence electrons. The Kier molecular flexibility index (Phi) is 5.99. The van der Waals surface area contributed by atoms with Gasteiger partial charge in [0.15, 0.2) is 5.13 Å². The molecular formula is C24H28N6O2S. The molecule has 2 aliphatic rings. The van der Waals surface area contributed by atoms with Gasteiger partial charge in [0.25, 0.3) is 0 Å². The first-order valence-corrected chi connectivity index (χ1v) is 12.2. The standard InChI is InChI=1S/C24H28N6O2S/c1-13-22(14(2)29-30-23(13)32)15-6-11-18-19(12-15)33-24(26-18)28-21-5-3-4-20(27-21)25-16-7-9-17(31)10-8-16/h3-6,11-13,16-17,22,31H,7-10H2,1-2H3,(H,30,32)(H2,25,26,27,28). The Morgan fingerprint density at radius 3 is 2.70 bits per heavy atom. The van der Waals surface area contributed by atoms with Crippen LogP contribution in [-0.2, 0) is 4.79 Å². The number of fused-ring (bicyclic) bond motifs is 1. The molecule has 0 spiro atoms. The van der Waals surface area contributed by atoms with Crippen molar-refractivity contribution in [3.63, 3.8) is 0 Å². The average Bonchev–Trinajstić information content (AvgIpc) is 3.20. The van der Waals surface area contributed by atoms with Crippen LogP contribution in [0.5, 0.6) is 0 Å². The number of aliphatic hydroxyl groups excluding tert-OH is 1. The lowest BCUT2D eigenvalue weighted by Gasteiger charge is -2.27. The quantitative estimate of drug-likeness (QED) is 0.446. The maximum absolute atomic E-state index is 12.1. The van der Waals surface area contributed by atoms with Crippen molar-refractivity contribution in [1.82, 2.24) is 15.4 Å². The van der Waals surface area contributed by atoms with Crippen molar-refractivity contribution in [2.45, 2.75) is 57.6 Å². The number of rotatable bonds is 5. The molecule has 1 fully saturated rings. The molecule has 3 heterocycles. The minimum atomic E-state index is -0.169. The number of carbonyl (C=O) groups excluding carboxylic acids is 1. The van der Waals surface area contributed by atoms with Gasteiger partial charge in [-0.1, -0.05) is 30.4 Å². The second kappa shape index (κ2) is 9.07. The molecule has 2 atom stereocenters. The molecule has 1 aliphatic heterocycles. The zero-order valence-corrected chi connectivity index (χ0v) is 19.5. The van der Waals surface area contributed by atoms with Gasteiger partial charge in [-0.3, -0.25) is 4.79 Å². The maximum atomic E-state index is 12.1. The first kappa shape index (κ1) is 21.8. The van der Waals surface area contributed by atoms with Gasteiger partial charge < -0.3 is 15.7 Å². The van der Waals surface area contributed by atoms with Crippen LogP contribution in [0.15, 0.2) is 41.5 Å². The summed E-state index contributed by atoms with van der Waals surface area (Å²) in [5.41, 5.74) is 5.47. The topological polar surface area (TPSA) is 112 Å². The first-order chi connectivity index (χ1) is 16.0. The lowest BCUT2D eigenvalue weighted by molar-refractivity contribution is -0.125. The van der Waals surface area contributed by atoms with Crippen LogP contribution >= 0.6 is 11.3 Å². The molecule has 2 aromatic heterocycles. The Labute approximate surface area is 196 Å². The van der Waals surface area contributed by atoms with Gasteiger partial charge in [-0.15, -0.1) is 0 Å². The molecule has 5 rings (SSSR count). The van der Waals surface area contributed by atoms with Crippen LogP contribution in [0.25, 0.3) is 10.2 Å². The van der Waals surface area contributed by atoms with Crippen LogP contribution in [0, 0.1) is 5.92 Å². The van der Waals surface area contributed by atoms with Gasteiger partial charge in [-0.2, -0.15) is 5.10 Å². The van der Waals surface area contributed by atoms with Crippen molar-refractivity contribution in [2.75, 3.05) is 10.6 Å². The monoisotopic (exact) mass is 464 g/mol. The third-order valence-corrected chi connectivity index (χ3v) is 7.44. The molecule has 0 radical (unpaired) electrons. The van der Waals surface area contributed by atoms with Crippen molar-refractivity contribution in [3.05, 3.63) is 42.0 Å². The minimum absolute atomic E-state index is 0.0352. The summed E-state index contributed by atoms with van der Waals surface area (Å²) in [7, 11) is 0. The molecule has 1 aromatic carbocycles. The summed E-state index contributed by atoms with van der Waals surface area (Å²) in [5.74, 6) is 1.30. The molecule has 1 amide bonds. The molecule has 9 heteroatoms. The van der Waals surface area contributed by atoms with Gasteiger partial charge >= 0.3 is 0 Å². The number of carbonyl (C=O) groups is 1. The van der Waals surface area contributed by atoms with Crippen LogP contribution in [0.4, 0.5) is 16.8 Å². The number of nitrogens with zero attached hydrogens (tertiary/aromatic N) is 3. The number of nitrogens with one attached hydrogen (secondary N) is 3. The van der Waals surface area contributed by atoms with Gasteiger partial charge in [0, 0.05) is 23.6 Å². The van der Waals surface area contributed by atoms with Crippen LogP contribution in [-0.4, -0.2) is 38.8 Å². The number of thiazole rings is 1. The van der Waals surface area contributed by atoms with Gasteiger partial charge in [0.1, 0.15) is 11.6 Å². The summed E-state index contributed by atoms with van der Waals surface area (Å²) < 4.78 is 1.05. The summed E-state index contributed by atoms with van der Waals surface area (Å²) in [6, 6.07) is 12.4. The average molecular weight is 465 g/mol. The first-order valence-electron chi connectivity index (χ1n) is 11.4. The highest BCUT2D eigenvalue weighted by molar-refractivity contribution is 7.22. The molecule has 3 aromatic rings. The number of amides is 1. The smallest absolute Gasteiger partial charge is 0.243 e. The third kappa shape index (κ3) is 4.69. The van der Waals surface area contributed by atoms with E-state index in [1.807, 2.05) is 44.2 Å². The predicted molar refractivity (Wildman–Crippen MR) is 132 cm³/mol. The fraction of sp³-hybridized carbons (Fsp3) is 0.417. The van der Waals surface area contributed by atoms with Crippen molar-refractivity contribution >= 4 is 49.9 Å². The minimum Gasteiger partial charge on any atom is -0.393 e. The zero-order chi connectivity index (χ0) is 22.9. The fourth-order valence-electron chi connectivity index (χ4n) is 4.67. The van der Waals surface area contributed by atoms with Crippen molar-refractivity contribution in [3.8, 4) is 0 Å². The highest BCUT2D eigenvalue weighted by Crippen LogP contribution is 2.34. The van der Waals surface area contributed by atoms with E-state index in [1.165, 1.54) is 0 Å². The van der Waals surface area contributed by atoms with Crippen LogP contribution < -0.4 is 16.1 Å².